The molecule has 2 aromatic heterocycles. The second-order valence-electron chi connectivity index (χ2n) is 5.34. The fourth-order valence-electron chi connectivity index (χ4n) is 2.37. The number of aromatic amines is 1. The number of H-pyrrole nitrogens is 1. The Morgan fingerprint density at radius 1 is 1.36 bits per heavy atom. The summed E-state index contributed by atoms with van der Waals surface area (Å²) >= 11 is 0. The molecule has 1 amide bonds. The van der Waals surface area contributed by atoms with Crippen molar-refractivity contribution >= 4 is 16.8 Å². The van der Waals surface area contributed by atoms with Gasteiger partial charge in [0.1, 0.15) is 11.4 Å². The van der Waals surface area contributed by atoms with Gasteiger partial charge < -0.3 is 15.0 Å². The van der Waals surface area contributed by atoms with Crippen LogP contribution in [0.5, 0.6) is 5.75 Å². The molecule has 0 bridgehead atoms. The Balaban J connectivity index is 1.79. The highest BCUT2D eigenvalue weighted by Crippen LogP contribution is 2.26. The minimum atomic E-state index is -4.78. The van der Waals surface area contributed by atoms with Crippen LogP contribution in [-0.2, 0) is 7.05 Å². The molecule has 8 nitrogen and oxygen atoms in total. The van der Waals surface area contributed by atoms with Gasteiger partial charge in [-0.25, -0.2) is 4.68 Å². The van der Waals surface area contributed by atoms with Crippen LogP contribution in [0.2, 0.25) is 0 Å². The molecule has 0 unspecified atom stereocenters. The topological polar surface area (TPSA) is 97.7 Å². The van der Waals surface area contributed by atoms with Crippen LogP contribution < -0.4 is 10.1 Å². The molecule has 0 radical (unpaired) electrons. The number of rotatable bonds is 4. The van der Waals surface area contributed by atoms with E-state index in [1.54, 1.807) is 14.0 Å². The van der Waals surface area contributed by atoms with Gasteiger partial charge in [-0.1, -0.05) is 0 Å². The molecule has 0 saturated heterocycles. The molecule has 11 heteroatoms. The van der Waals surface area contributed by atoms with Crippen LogP contribution >= 0.6 is 0 Å². The third-order valence-corrected chi connectivity index (χ3v) is 3.46. The van der Waals surface area contributed by atoms with Gasteiger partial charge in [-0.05, 0) is 35.5 Å². The van der Waals surface area contributed by atoms with Crippen LogP contribution in [0.15, 0.2) is 24.3 Å². The quantitative estimate of drug-likeness (QED) is 0.748. The Hall–Kier alpha value is -3.11. The summed E-state index contributed by atoms with van der Waals surface area (Å²) in [4.78, 5) is 15.1. The fraction of sp³-hybridized carbons (Fsp3) is 0.286. The zero-order chi connectivity index (χ0) is 18.2. The average Bonchev–Trinajstić information content (AvgIpc) is 3.11. The first-order valence-corrected chi connectivity index (χ1v) is 7.14. The van der Waals surface area contributed by atoms with Gasteiger partial charge >= 0.3 is 6.36 Å². The molecule has 0 aliphatic heterocycles. The monoisotopic (exact) mass is 354 g/mol. The summed E-state index contributed by atoms with van der Waals surface area (Å²) in [5, 5.41) is 14.3. The predicted molar refractivity (Wildman–Crippen MR) is 79.7 cm³/mol. The number of aryl methyl sites for hydroxylation is 1. The number of nitrogens with one attached hydrogen (secondary N) is 2. The van der Waals surface area contributed by atoms with Gasteiger partial charge in [-0.3, -0.25) is 4.79 Å². The predicted octanol–water partition coefficient (Wildman–Crippen LogP) is 2.08. The van der Waals surface area contributed by atoms with Crippen LogP contribution in [0, 0.1) is 0 Å². The second-order valence-corrected chi connectivity index (χ2v) is 5.34. The average molecular weight is 354 g/mol. The van der Waals surface area contributed by atoms with Gasteiger partial charge in [0.2, 0.25) is 0 Å². The molecular weight excluding hydrogens is 341 g/mol. The summed E-state index contributed by atoms with van der Waals surface area (Å²) in [7, 11) is 1.64. The molecule has 25 heavy (non-hydrogen) atoms. The van der Waals surface area contributed by atoms with E-state index in [0.717, 1.165) is 0 Å². The zero-order valence-corrected chi connectivity index (χ0v) is 13.1. The largest absolute Gasteiger partial charge is 0.573 e. The minimum Gasteiger partial charge on any atom is -0.406 e. The molecule has 0 aliphatic carbocycles. The molecule has 132 valence electrons. The van der Waals surface area contributed by atoms with E-state index in [9.17, 15) is 18.0 Å². The van der Waals surface area contributed by atoms with Crippen molar-refractivity contribution in [1.82, 2.24) is 30.5 Å². The molecule has 1 aromatic carbocycles. The molecule has 2 N–H and O–H groups in total. The lowest BCUT2D eigenvalue weighted by Gasteiger charge is -2.11. The van der Waals surface area contributed by atoms with Crippen LogP contribution in [0.3, 0.4) is 0 Å². The van der Waals surface area contributed by atoms with E-state index in [0.29, 0.717) is 16.7 Å². The lowest BCUT2D eigenvalue weighted by molar-refractivity contribution is -0.274. The van der Waals surface area contributed by atoms with Gasteiger partial charge in [-0.2, -0.15) is 0 Å². The summed E-state index contributed by atoms with van der Waals surface area (Å²) in [6.07, 6.45) is -4.78. The Labute approximate surface area is 139 Å². The number of ether oxygens (including phenoxy) is 1. The SMILES string of the molecule is C[C@H](NC(=O)c1cc2ccc(OC(F)(F)F)cc2[nH]1)c1nnnn1C. The smallest absolute Gasteiger partial charge is 0.406 e. The van der Waals surface area contributed by atoms with E-state index in [1.807, 2.05) is 0 Å². The van der Waals surface area contributed by atoms with E-state index in [-0.39, 0.29) is 11.4 Å². The number of nitrogens with zero attached hydrogens (tertiary/aromatic N) is 4. The number of halogens is 3. The third-order valence-electron chi connectivity index (χ3n) is 3.46. The number of amides is 1. The summed E-state index contributed by atoms with van der Waals surface area (Å²) in [5.41, 5.74) is 0.543. The van der Waals surface area contributed by atoms with Crippen molar-refractivity contribution in [2.24, 2.45) is 7.05 Å². The molecule has 3 rings (SSSR count). The molecule has 0 fully saturated rings. The number of tetrazole rings is 1. The van der Waals surface area contributed by atoms with Crippen molar-refractivity contribution in [2.45, 2.75) is 19.3 Å². The maximum absolute atomic E-state index is 12.3. The normalized spacial score (nSPS) is 13.0. The van der Waals surface area contributed by atoms with Crippen molar-refractivity contribution in [3.8, 4) is 5.75 Å². The van der Waals surface area contributed by atoms with Crippen molar-refractivity contribution < 1.29 is 22.7 Å². The van der Waals surface area contributed by atoms with Gasteiger partial charge in [0.15, 0.2) is 5.82 Å². The maximum atomic E-state index is 12.3. The van der Waals surface area contributed by atoms with Crippen molar-refractivity contribution in [2.75, 3.05) is 0 Å². The first-order chi connectivity index (χ1) is 11.7. The van der Waals surface area contributed by atoms with E-state index >= 15 is 0 Å². The number of fused-ring (bicyclic) bond motifs is 1. The third kappa shape index (κ3) is 3.70. The molecule has 2 heterocycles. The number of alkyl halides is 3. The lowest BCUT2D eigenvalue weighted by atomic mass is 10.2. The van der Waals surface area contributed by atoms with Crippen LogP contribution in [0.4, 0.5) is 13.2 Å². The minimum absolute atomic E-state index is 0.195. The van der Waals surface area contributed by atoms with Crippen molar-refractivity contribution in [3.63, 3.8) is 0 Å². The molecule has 0 saturated carbocycles. The van der Waals surface area contributed by atoms with Gasteiger partial charge in [0.05, 0.1) is 6.04 Å². The maximum Gasteiger partial charge on any atom is 0.573 e. The van der Waals surface area contributed by atoms with Crippen molar-refractivity contribution in [3.05, 3.63) is 35.8 Å². The highest BCUT2D eigenvalue weighted by Gasteiger charge is 2.31. The van der Waals surface area contributed by atoms with Crippen LogP contribution in [0.25, 0.3) is 10.9 Å². The van der Waals surface area contributed by atoms with Gasteiger partial charge in [0, 0.05) is 24.0 Å². The highest BCUT2D eigenvalue weighted by atomic mass is 19.4. The standard InChI is InChI=1S/C14H13F3N6O2/c1-7(12-20-21-22-23(12)2)18-13(24)11-5-8-3-4-9(6-10(8)19-11)25-14(15,16)17/h3-7,19H,1-2H3,(H,18,24)/t7-/m0/s1. The van der Waals surface area contributed by atoms with E-state index in [2.05, 4.69) is 30.6 Å². The summed E-state index contributed by atoms with van der Waals surface area (Å²) in [6, 6.07) is 4.86. The summed E-state index contributed by atoms with van der Waals surface area (Å²) in [6.45, 7) is 1.71. The number of aromatic nitrogens is 5. The number of hydrogen-bond acceptors (Lipinski definition) is 5. The highest BCUT2D eigenvalue weighted by molar-refractivity contribution is 5.98. The Bertz CT molecular complexity index is 917. The van der Waals surface area contributed by atoms with Crippen LogP contribution in [0.1, 0.15) is 29.3 Å². The number of carbonyl (C=O) groups excluding carboxylic acids is 1. The van der Waals surface area contributed by atoms with Crippen molar-refractivity contribution in [1.29, 1.82) is 0 Å². The second kappa shape index (κ2) is 6.07. The lowest BCUT2D eigenvalue weighted by Crippen LogP contribution is -2.28. The van der Waals surface area contributed by atoms with Gasteiger partial charge in [0.25, 0.3) is 5.91 Å². The Morgan fingerprint density at radius 3 is 2.76 bits per heavy atom. The summed E-state index contributed by atoms with van der Waals surface area (Å²) in [5.74, 6) is -0.345. The molecule has 0 spiro atoms. The summed E-state index contributed by atoms with van der Waals surface area (Å²) < 4.78 is 42.1. The van der Waals surface area contributed by atoms with Crippen LogP contribution in [-0.4, -0.2) is 37.5 Å². The fourth-order valence-corrected chi connectivity index (χ4v) is 2.37. The Morgan fingerprint density at radius 2 is 2.12 bits per heavy atom. The van der Waals surface area contributed by atoms with E-state index < -0.39 is 18.3 Å². The number of hydrogen-bond donors (Lipinski definition) is 2. The zero-order valence-electron chi connectivity index (χ0n) is 13.1. The molecule has 1 atom stereocenters. The molecule has 0 aliphatic rings. The van der Waals surface area contributed by atoms with Gasteiger partial charge in [-0.15, -0.1) is 18.3 Å². The first-order valence-electron chi connectivity index (χ1n) is 7.14. The molecular formula is C14H13F3N6O2. The number of carbonyl (C=O) groups is 1. The first kappa shape index (κ1) is 16.7. The van der Waals surface area contributed by atoms with E-state index in [4.69, 9.17) is 0 Å². The van der Waals surface area contributed by atoms with E-state index in [1.165, 1.54) is 28.9 Å². The molecule has 3 aromatic rings. The Kier molecular flexibility index (Phi) is 4.07. The number of benzene rings is 1.